The fraction of sp³-hybridized carbons (Fsp3) is 0.100. The van der Waals surface area contributed by atoms with E-state index in [4.69, 9.17) is 0 Å². The van der Waals surface area contributed by atoms with Crippen LogP contribution in [0.1, 0.15) is 22.3 Å². The SMILES string of the molecule is Cc1ccc(N(c2ccccc2C)c2ccc(N(c3ccc(C)cc3)c3ccccc3C)c3c2-c2ccccc2-3)cc1. The molecule has 0 N–H and O–H groups in total. The maximum absolute atomic E-state index is 2.43. The summed E-state index contributed by atoms with van der Waals surface area (Å²) in [5.74, 6) is 0. The minimum Gasteiger partial charge on any atom is -0.310 e. The van der Waals surface area contributed by atoms with Crippen LogP contribution in [0, 0.1) is 27.7 Å². The molecule has 0 amide bonds. The van der Waals surface area contributed by atoms with Gasteiger partial charge in [-0.25, -0.2) is 0 Å². The van der Waals surface area contributed by atoms with Crippen molar-refractivity contribution in [2.75, 3.05) is 9.80 Å². The molecule has 7 rings (SSSR count). The van der Waals surface area contributed by atoms with Crippen LogP contribution in [-0.2, 0) is 0 Å². The molecule has 42 heavy (non-hydrogen) atoms. The Morgan fingerprint density at radius 1 is 0.333 bits per heavy atom. The van der Waals surface area contributed by atoms with E-state index in [0.717, 1.165) is 11.4 Å². The summed E-state index contributed by atoms with van der Waals surface area (Å²) >= 11 is 0. The summed E-state index contributed by atoms with van der Waals surface area (Å²) in [5, 5.41) is 0. The molecule has 2 nitrogen and oxygen atoms in total. The standard InChI is InChI=1S/C40H34N2/c1-27-17-21-31(22-18-27)41(35-15-9-5-11-29(35)3)37-25-26-38(40-34-14-8-7-13-33(34)39(37)40)42(32-23-19-28(2)20-24-32)36-16-10-6-12-30(36)4/h5-26H,1-4H3. The predicted molar refractivity (Wildman–Crippen MR) is 179 cm³/mol. The highest BCUT2D eigenvalue weighted by Gasteiger charge is 2.33. The van der Waals surface area contributed by atoms with Crippen molar-refractivity contribution >= 4 is 34.1 Å². The van der Waals surface area contributed by atoms with Gasteiger partial charge in [0.25, 0.3) is 0 Å². The molecule has 0 unspecified atom stereocenters. The summed E-state index contributed by atoms with van der Waals surface area (Å²) in [6, 6.07) is 48.6. The molecule has 0 fully saturated rings. The first-order valence-corrected chi connectivity index (χ1v) is 14.6. The molecule has 1 aliphatic carbocycles. The van der Waals surface area contributed by atoms with Crippen LogP contribution in [0.15, 0.2) is 133 Å². The van der Waals surface area contributed by atoms with Crippen molar-refractivity contribution in [3.05, 3.63) is 156 Å². The minimum absolute atomic E-state index is 1.16. The first-order chi connectivity index (χ1) is 20.5. The predicted octanol–water partition coefficient (Wildman–Crippen LogP) is 11.5. The Morgan fingerprint density at radius 3 is 1.07 bits per heavy atom. The number of anilines is 6. The van der Waals surface area contributed by atoms with Gasteiger partial charge in [0.15, 0.2) is 0 Å². The normalized spacial score (nSPS) is 11.3. The van der Waals surface area contributed by atoms with Crippen LogP contribution in [0.4, 0.5) is 34.1 Å². The van der Waals surface area contributed by atoms with Crippen LogP contribution < -0.4 is 9.80 Å². The Labute approximate surface area is 249 Å². The highest BCUT2D eigenvalue weighted by atomic mass is 15.2. The molecule has 0 bridgehead atoms. The van der Waals surface area contributed by atoms with Gasteiger partial charge in [0.2, 0.25) is 0 Å². The van der Waals surface area contributed by atoms with E-state index in [0.29, 0.717) is 0 Å². The van der Waals surface area contributed by atoms with Crippen LogP contribution >= 0.6 is 0 Å². The maximum Gasteiger partial charge on any atom is 0.0548 e. The molecule has 0 aliphatic heterocycles. The lowest BCUT2D eigenvalue weighted by Crippen LogP contribution is -2.18. The van der Waals surface area contributed by atoms with Crippen molar-refractivity contribution in [1.82, 2.24) is 0 Å². The van der Waals surface area contributed by atoms with Gasteiger partial charge in [0, 0.05) is 33.9 Å². The molecule has 0 saturated carbocycles. The van der Waals surface area contributed by atoms with E-state index < -0.39 is 0 Å². The number of nitrogens with zero attached hydrogens (tertiary/aromatic N) is 2. The molecule has 0 saturated heterocycles. The Balaban J connectivity index is 1.50. The highest BCUT2D eigenvalue weighted by Crippen LogP contribution is 2.59. The van der Waals surface area contributed by atoms with Gasteiger partial charge in [0.1, 0.15) is 0 Å². The van der Waals surface area contributed by atoms with Crippen LogP contribution in [0.3, 0.4) is 0 Å². The summed E-state index contributed by atoms with van der Waals surface area (Å²) in [6.45, 7) is 8.68. The van der Waals surface area contributed by atoms with Gasteiger partial charge in [-0.2, -0.15) is 0 Å². The van der Waals surface area contributed by atoms with E-state index in [9.17, 15) is 0 Å². The summed E-state index contributed by atoms with van der Waals surface area (Å²) in [4.78, 5) is 4.86. The molecule has 0 aromatic heterocycles. The monoisotopic (exact) mass is 542 g/mol. The van der Waals surface area contributed by atoms with Crippen molar-refractivity contribution < 1.29 is 0 Å². The van der Waals surface area contributed by atoms with Crippen molar-refractivity contribution in [3.63, 3.8) is 0 Å². The zero-order valence-electron chi connectivity index (χ0n) is 24.6. The fourth-order valence-electron chi connectivity index (χ4n) is 6.19. The van der Waals surface area contributed by atoms with E-state index in [2.05, 4.69) is 171 Å². The van der Waals surface area contributed by atoms with Crippen LogP contribution in [-0.4, -0.2) is 0 Å². The van der Waals surface area contributed by atoms with E-state index in [1.165, 1.54) is 67.3 Å². The molecular weight excluding hydrogens is 508 g/mol. The maximum atomic E-state index is 2.43. The number of benzene rings is 6. The molecule has 0 spiro atoms. The lowest BCUT2D eigenvalue weighted by Gasteiger charge is -2.38. The van der Waals surface area contributed by atoms with Crippen molar-refractivity contribution in [2.45, 2.75) is 27.7 Å². The second-order valence-electron chi connectivity index (χ2n) is 11.3. The van der Waals surface area contributed by atoms with Gasteiger partial charge in [-0.05, 0) is 98.5 Å². The van der Waals surface area contributed by atoms with E-state index in [-0.39, 0.29) is 0 Å². The Morgan fingerprint density at radius 2 is 0.690 bits per heavy atom. The van der Waals surface area contributed by atoms with Gasteiger partial charge in [-0.1, -0.05) is 96.1 Å². The largest absolute Gasteiger partial charge is 0.310 e. The number of fused-ring (bicyclic) bond motifs is 4. The van der Waals surface area contributed by atoms with E-state index in [1.54, 1.807) is 0 Å². The molecule has 0 heterocycles. The zero-order valence-corrected chi connectivity index (χ0v) is 24.6. The third-order valence-corrected chi connectivity index (χ3v) is 8.41. The number of para-hydroxylation sites is 2. The third-order valence-electron chi connectivity index (χ3n) is 8.41. The molecule has 0 atom stereocenters. The fourth-order valence-corrected chi connectivity index (χ4v) is 6.19. The van der Waals surface area contributed by atoms with Crippen molar-refractivity contribution in [3.8, 4) is 22.3 Å². The summed E-state index contributed by atoms with van der Waals surface area (Å²) < 4.78 is 0. The number of aryl methyl sites for hydroxylation is 4. The van der Waals surface area contributed by atoms with Gasteiger partial charge in [-0.3, -0.25) is 0 Å². The molecule has 1 aliphatic rings. The first kappa shape index (κ1) is 25.9. The summed E-state index contributed by atoms with van der Waals surface area (Å²) in [6.07, 6.45) is 0. The quantitative estimate of drug-likeness (QED) is 0.206. The number of hydrogen-bond donors (Lipinski definition) is 0. The molecule has 204 valence electrons. The number of hydrogen-bond acceptors (Lipinski definition) is 2. The molecule has 6 aromatic carbocycles. The summed E-state index contributed by atoms with van der Waals surface area (Å²) in [7, 11) is 0. The first-order valence-electron chi connectivity index (χ1n) is 14.6. The molecular formula is C40H34N2. The van der Waals surface area contributed by atoms with Gasteiger partial charge in [-0.15, -0.1) is 0 Å². The molecule has 0 radical (unpaired) electrons. The Kier molecular flexibility index (Phi) is 6.40. The second kappa shape index (κ2) is 10.4. The van der Waals surface area contributed by atoms with Crippen LogP contribution in [0.2, 0.25) is 0 Å². The summed E-state index contributed by atoms with van der Waals surface area (Å²) in [5.41, 5.74) is 17.2. The third kappa shape index (κ3) is 4.28. The zero-order chi connectivity index (χ0) is 28.8. The van der Waals surface area contributed by atoms with E-state index in [1.807, 2.05) is 0 Å². The average Bonchev–Trinajstić information content (AvgIpc) is 3.00. The highest BCUT2D eigenvalue weighted by molar-refractivity contribution is 6.15. The second-order valence-corrected chi connectivity index (χ2v) is 11.3. The Hall–Kier alpha value is -5.08. The van der Waals surface area contributed by atoms with Gasteiger partial charge < -0.3 is 9.80 Å². The van der Waals surface area contributed by atoms with Crippen molar-refractivity contribution in [1.29, 1.82) is 0 Å². The van der Waals surface area contributed by atoms with Crippen molar-refractivity contribution in [2.24, 2.45) is 0 Å². The molecule has 6 aromatic rings. The minimum atomic E-state index is 1.16. The average molecular weight is 543 g/mol. The van der Waals surface area contributed by atoms with E-state index >= 15 is 0 Å². The van der Waals surface area contributed by atoms with Crippen LogP contribution in [0.5, 0.6) is 0 Å². The topological polar surface area (TPSA) is 6.48 Å². The Bertz CT molecular complexity index is 1770. The lowest BCUT2D eigenvalue weighted by molar-refractivity contribution is 1.22. The van der Waals surface area contributed by atoms with Gasteiger partial charge >= 0.3 is 0 Å². The van der Waals surface area contributed by atoms with Gasteiger partial charge in [0.05, 0.1) is 11.4 Å². The smallest absolute Gasteiger partial charge is 0.0548 e. The number of rotatable bonds is 6. The lowest BCUT2D eigenvalue weighted by atomic mass is 9.77. The van der Waals surface area contributed by atoms with Crippen LogP contribution in [0.25, 0.3) is 22.3 Å². The molecule has 2 heteroatoms.